The molecule has 1 aliphatic rings. The van der Waals surface area contributed by atoms with Gasteiger partial charge < -0.3 is 9.64 Å². The highest BCUT2D eigenvalue weighted by atomic mass is 19.4. The second-order valence-electron chi connectivity index (χ2n) is 5.19. The van der Waals surface area contributed by atoms with Gasteiger partial charge in [-0.15, -0.1) is 0 Å². The number of likely N-dealkylation sites (tertiary alicyclic amines) is 1. The summed E-state index contributed by atoms with van der Waals surface area (Å²) < 4.78 is 81.7. The topological polar surface area (TPSA) is 29.5 Å². The van der Waals surface area contributed by atoms with Crippen LogP contribution in [0.2, 0.25) is 0 Å². The van der Waals surface area contributed by atoms with Crippen molar-refractivity contribution in [2.24, 2.45) is 0 Å². The molecule has 0 radical (unpaired) electrons. The highest BCUT2D eigenvalue weighted by molar-refractivity contribution is 5.95. The minimum absolute atomic E-state index is 0.00127. The molecule has 1 aromatic rings. The minimum atomic E-state index is -4.98. The van der Waals surface area contributed by atoms with Gasteiger partial charge in [0.2, 0.25) is 0 Å². The fourth-order valence-corrected chi connectivity index (χ4v) is 2.37. The van der Waals surface area contributed by atoms with Crippen molar-refractivity contribution in [1.82, 2.24) is 4.90 Å². The van der Waals surface area contributed by atoms with Crippen molar-refractivity contribution in [3.05, 3.63) is 34.9 Å². The van der Waals surface area contributed by atoms with Crippen LogP contribution in [0.3, 0.4) is 0 Å². The van der Waals surface area contributed by atoms with Crippen LogP contribution in [-0.2, 0) is 17.1 Å². The van der Waals surface area contributed by atoms with Crippen molar-refractivity contribution in [2.75, 3.05) is 20.2 Å². The van der Waals surface area contributed by atoms with E-state index in [0.29, 0.717) is 18.6 Å². The van der Waals surface area contributed by atoms with Gasteiger partial charge >= 0.3 is 12.4 Å². The van der Waals surface area contributed by atoms with Crippen LogP contribution in [-0.4, -0.2) is 37.1 Å². The van der Waals surface area contributed by atoms with Crippen molar-refractivity contribution in [3.8, 4) is 0 Å². The standard InChI is InChI=1S/C14H13F6NO2/c1-23-11-2-3-21(7-11)12(22)8-4-9(13(15,16)17)6-10(5-8)14(18,19)20/h4-6,11H,2-3,7H2,1H3. The van der Waals surface area contributed by atoms with Gasteiger partial charge in [-0.05, 0) is 24.6 Å². The van der Waals surface area contributed by atoms with Crippen LogP contribution in [0.25, 0.3) is 0 Å². The van der Waals surface area contributed by atoms with E-state index in [1.54, 1.807) is 0 Å². The summed E-state index contributed by atoms with van der Waals surface area (Å²) in [6.07, 6.45) is -9.74. The summed E-state index contributed by atoms with van der Waals surface area (Å²) >= 11 is 0. The van der Waals surface area contributed by atoms with Crippen molar-refractivity contribution in [3.63, 3.8) is 0 Å². The Morgan fingerprint density at radius 1 is 1.09 bits per heavy atom. The molecule has 0 aliphatic carbocycles. The first-order valence-corrected chi connectivity index (χ1v) is 6.64. The molecule has 0 bridgehead atoms. The first-order valence-electron chi connectivity index (χ1n) is 6.64. The molecule has 0 saturated carbocycles. The number of hydrogen-bond donors (Lipinski definition) is 0. The SMILES string of the molecule is COC1CCN(C(=O)c2cc(C(F)(F)F)cc(C(F)(F)F)c2)C1. The van der Waals surface area contributed by atoms with Gasteiger partial charge in [-0.3, -0.25) is 4.79 Å². The second kappa shape index (κ2) is 6.03. The van der Waals surface area contributed by atoms with Gasteiger partial charge in [-0.25, -0.2) is 0 Å². The maximum absolute atomic E-state index is 12.8. The lowest BCUT2D eigenvalue weighted by Gasteiger charge is -2.19. The molecule has 1 aromatic carbocycles. The molecule has 1 atom stereocenters. The first-order chi connectivity index (χ1) is 10.5. The lowest BCUT2D eigenvalue weighted by Crippen LogP contribution is -2.30. The van der Waals surface area contributed by atoms with Crippen LogP contribution in [0, 0.1) is 0 Å². The van der Waals surface area contributed by atoms with Gasteiger partial charge in [0.05, 0.1) is 17.2 Å². The lowest BCUT2D eigenvalue weighted by atomic mass is 10.0. The van der Waals surface area contributed by atoms with Crippen LogP contribution in [0.5, 0.6) is 0 Å². The Labute approximate surface area is 127 Å². The molecule has 23 heavy (non-hydrogen) atoms. The van der Waals surface area contributed by atoms with E-state index in [-0.39, 0.29) is 25.3 Å². The number of halogens is 6. The normalized spacial score (nSPS) is 19.3. The second-order valence-corrected chi connectivity index (χ2v) is 5.19. The average Bonchev–Trinajstić information content (AvgIpc) is 2.93. The predicted molar refractivity (Wildman–Crippen MR) is 67.8 cm³/mol. The van der Waals surface area contributed by atoms with Crippen LogP contribution >= 0.6 is 0 Å². The van der Waals surface area contributed by atoms with E-state index in [4.69, 9.17) is 4.74 Å². The van der Waals surface area contributed by atoms with E-state index in [9.17, 15) is 31.1 Å². The van der Waals surface area contributed by atoms with E-state index in [0.717, 1.165) is 0 Å². The zero-order valence-electron chi connectivity index (χ0n) is 12.0. The number of rotatable bonds is 2. The summed E-state index contributed by atoms with van der Waals surface area (Å²) in [6.45, 7) is 0.349. The maximum atomic E-state index is 12.8. The molecule has 128 valence electrons. The highest BCUT2D eigenvalue weighted by Crippen LogP contribution is 2.36. The number of benzene rings is 1. The van der Waals surface area contributed by atoms with Gasteiger partial charge in [0.25, 0.3) is 5.91 Å². The molecule has 0 spiro atoms. The van der Waals surface area contributed by atoms with Crippen molar-refractivity contribution < 1.29 is 35.9 Å². The summed E-state index contributed by atoms with van der Waals surface area (Å²) in [5, 5.41) is 0. The first kappa shape index (κ1) is 17.6. The van der Waals surface area contributed by atoms with Crippen molar-refractivity contribution >= 4 is 5.91 Å². The Kier molecular flexibility index (Phi) is 4.61. The van der Waals surface area contributed by atoms with E-state index < -0.39 is 35.0 Å². The summed E-state index contributed by atoms with van der Waals surface area (Å²) in [4.78, 5) is 13.4. The van der Waals surface area contributed by atoms with E-state index in [1.807, 2.05) is 0 Å². The lowest BCUT2D eigenvalue weighted by molar-refractivity contribution is -0.143. The van der Waals surface area contributed by atoms with E-state index >= 15 is 0 Å². The van der Waals surface area contributed by atoms with Gasteiger partial charge in [-0.2, -0.15) is 26.3 Å². The van der Waals surface area contributed by atoms with Gasteiger partial charge in [-0.1, -0.05) is 0 Å². The molecule has 0 N–H and O–H groups in total. The fourth-order valence-electron chi connectivity index (χ4n) is 2.37. The maximum Gasteiger partial charge on any atom is 0.416 e. The third-order valence-electron chi connectivity index (χ3n) is 3.60. The fraction of sp³-hybridized carbons (Fsp3) is 0.500. The minimum Gasteiger partial charge on any atom is -0.380 e. The largest absolute Gasteiger partial charge is 0.416 e. The Morgan fingerprint density at radius 2 is 1.61 bits per heavy atom. The number of amides is 1. The molecular weight excluding hydrogens is 328 g/mol. The molecule has 2 rings (SSSR count). The summed E-state index contributed by atoms with van der Waals surface area (Å²) in [5.41, 5.74) is -3.64. The third-order valence-corrected chi connectivity index (χ3v) is 3.60. The van der Waals surface area contributed by atoms with E-state index in [2.05, 4.69) is 0 Å². The monoisotopic (exact) mass is 341 g/mol. The molecule has 1 fully saturated rings. The molecule has 1 aliphatic heterocycles. The number of carbonyl (C=O) groups is 1. The van der Waals surface area contributed by atoms with E-state index in [1.165, 1.54) is 12.0 Å². The van der Waals surface area contributed by atoms with Gasteiger partial charge in [0.1, 0.15) is 0 Å². The van der Waals surface area contributed by atoms with Gasteiger partial charge in [0, 0.05) is 25.8 Å². The quantitative estimate of drug-likeness (QED) is 0.770. The van der Waals surface area contributed by atoms with Crippen molar-refractivity contribution in [2.45, 2.75) is 24.9 Å². The third kappa shape index (κ3) is 3.95. The molecule has 1 amide bonds. The Balaban J connectivity index is 2.39. The number of alkyl halides is 6. The molecule has 1 unspecified atom stereocenters. The number of hydrogen-bond acceptors (Lipinski definition) is 2. The molecule has 1 heterocycles. The molecular formula is C14H13F6NO2. The molecule has 0 aromatic heterocycles. The summed E-state index contributed by atoms with van der Waals surface area (Å²) in [5.74, 6) is -0.874. The zero-order valence-corrected chi connectivity index (χ0v) is 12.0. The Morgan fingerprint density at radius 3 is 2.00 bits per heavy atom. The number of methoxy groups -OCH3 is 1. The molecule has 9 heteroatoms. The number of ether oxygens (including phenoxy) is 1. The molecule has 1 saturated heterocycles. The summed E-state index contributed by atoms with van der Waals surface area (Å²) in [7, 11) is 1.42. The smallest absolute Gasteiger partial charge is 0.380 e. The predicted octanol–water partition coefficient (Wildman–Crippen LogP) is 3.59. The van der Waals surface area contributed by atoms with Crippen LogP contribution in [0.15, 0.2) is 18.2 Å². The van der Waals surface area contributed by atoms with Gasteiger partial charge in [0.15, 0.2) is 0 Å². The highest BCUT2D eigenvalue weighted by Gasteiger charge is 2.38. The Bertz CT molecular complexity index is 564. The Hall–Kier alpha value is -1.77. The number of carbonyl (C=O) groups excluding carboxylic acids is 1. The van der Waals surface area contributed by atoms with Crippen molar-refractivity contribution in [1.29, 1.82) is 0 Å². The average molecular weight is 341 g/mol. The van der Waals surface area contributed by atoms with Crippen LogP contribution < -0.4 is 0 Å². The molecule has 3 nitrogen and oxygen atoms in total. The van der Waals surface area contributed by atoms with Crippen LogP contribution in [0.1, 0.15) is 27.9 Å². The zero-order chi connectivity index (χ0) is 17.4. The van der Waals surface area contributed by atoms with Crippen LogP contribution in [0.4, 0.5) is 26.3 Å². The summed E-state index contributed by atoms with van der Waals surface area (Å²) in [6, 6.07) is 0.883. The number of nitrogens with zero attached hydrogens (tertiary/aromatic N) is 1.